The van der Waals surface area contributed by atoms with Crippen molar-refractivity contribution >= 4 is 11.8 Å². The minimum atomic E-state index is -0.882. The van der Waals surface area contributed by atoms with Gasteiger partial charge < -0.3 is 10.2 Å². The van der Waals surface area contributed by atoms with Gasteiger partial charge in [0.15, 0.2) is 0 Å². The summed E-state index contributed by atoms with van der Waals surface area (Å²) in [5, 5.41) is 6.95. The van der Waals surface area contributed by atoms with Crippen molar-refractivity contribution in [3.63, 3.8) is 0 Å². The molecule has 2 aromatic carbocycles. The van der Waals surface area contributed by atoms with Crippen molar-refractivity contribution in [1.29, 1.82) is 0 Å². The van der Waals surface area contributed by atoms with E-state index in [1.165, 1.54) is 23.1 Å². The number of amides is 2. The predicted octanol–water partition coefficient (Wildman–Crippen LogP) is 2.32. The van der Waals surface area contributed by atoms with Gasteiger partial charge >= 0.3 is 0 Å². The van der Waals surface area contributed by atoms with E-state index in [0.717, 1.165) is 0 Å². The summed E-state index contributed by atoms with van der Waals surface area (Å²) in [7, 11) is 0. The van der Waals surface area contributed by atoms with E-state index in [2.05, 4.69) is 10.4 Å². The average molecular weight is 364 g/mol. The van der Waals surface area contributed by atoms with Crippen molar-refractivity contribution in [3.05, 3.63) is 83.9 Å². The van der Waals surface area contributed by atoms with Crippen molar-refractivity contribution in [2.75, 3.05) is 13.1 Å². The normalized spacial score (nSPS) is 16.9. The van der Waals surface area contributed by atoms with Gasteiger partial charge in [-0.2, -0.15) is 5.10 Å². The highest BCUT2D eigenvalue weighted by Crippen LogP contribution is 2.27. The van der Waals surface area contributed by atoms with Gasteiger partial charge in [0.1, 0.15) is 11.9 Å². The number of rotatable bonds is 3. The predicted molar refractivity (Wildman–Crippen MR) is 96.8 cm³/mol. The molecule has 0 aliphatic carbocycles. The van der Waals surface area contributed by atoms with E-state index in [4.69, 9.17) is 0 Å². The highest BCUT2D eigenvalue weighted by molar-refractivity contribution is 6.01. The summed E-state index contributed by atoms with van der Waals surface area (Å²) in [6.07, 6.45) is 3.38. The molecule has 136 valence electrons. The number of benzene rings is 2. The molecule has 1 aromatic heterocycles. The molecule has 4 rings (SSSR count). The molecule has 1 aliphatic rings. The van der Waals surface area contributed by atoms with Crippen LogP contribution in [-0.2, 0) is 4.79 Å². The maximum atomic E-state index is 13.7. The Kier molecular flexibility index (Phi) is 4.42. The van der Waals surface area contributed by atoms with Crippen LogP contribution < -0.4 is 5.32 Å². The van der Waals surface area contributed by atoms with Gasteiger partial charge in [-0.25, -0.2) is 9.07 Å². The standard InChI is InChI=1S/C20H17FN4O2/c21-15-6-3-5-14(13-15)18-19(26)22-10-12-24(18)20(27)16-7-1-2-8-17(16)25-11-4-9-23-25/h1-9,11,13,18H,10,12H2,(H,22,26)/t18-/m0/s1. The summed E-state index contributed by atoms with van der Waals surface area (Å²) in [5.41, 5.74) is 1.49. The first-order valence-electron chi connectivity index (χ1n) is 8.58. The third-order valence-corrected chi connectivity index (χ3v) is 4.52. The lowest BCUT2D eigenvalue weighted by atomic mass is 10.0. The van der Waals surface area contributed by atoms with E-state index < -0.39 is 11.9 Å². The number of nitrogens with one attached hydrogen (secondary N) is 1. The van der Waals surface area contributed by atoms with E-state index in [1.807, 2.05) is 6.07 Å². The van der Waals surface area contributed by atoms with Crippen LogP contribution in [0.3, 0.4) is 0 Å². The molecule has 2 heterocycles. The molecule has 2 amide bonds. The second kappa shape index (κ2) is 7.03. The van der Waals surface area contributed by atoms with E-state index in [9.17, 15) is 14.0 Å². The van der Waals surface area contributed by atoms with Crippen molar-refractivity contribution in [3.8, 4) is 5.69 Å². The Morgan fingerprint density at radius 1 is 1.15 bits per heavy atom. The minimum Gasteiger partial charge on any atom is -0.352 e. The van der Waals surface area contributed by atoms with Crippen LogP contribution in [0.1, 0.15) is 22.0 Å². The summed E-state index contributed by atoms with van der Waals surface area (Å²) in [4.78, 5) is 27.3. The first-order chi connectivity index (χ1) is 13.1. The molecule has 3 aromatic rings. The summed E-state index contributed by atoms with van der Waals surface area (Å²) < 4.78 is 15.3. The molecule has 0 bridgehead atoms. The second-order valence-corrected chi connectivity index (χ2v) is 6.21. The van der Waals surface area contributed by atoms with Crippen LogP contribution in [0.15, 0.2) is 67.0 Å². The van der Waals surface area contributed by atoms with Gasteiger partial charge in [-0.05, 0) is 35.9 Å². The molecule has 0 unspecified atom stereocenters. The molecule has 1 N–H and O–H groups in total. The van der Waals surface area contributed by atoms with Crippen LogP contribution in [0, 0.1) is 5.82 Å². The molecular weight excluding hydrogens is 347 g/mol. The Morgan fingerprint density at radius 2 is 2.00 bits per heavy atom. The van der Waals surface area contributed by atoms with Gasteiger partial charge in [-0.15, -0.1) is 0 Å². The van der Waals surface area contributed by atoms with Gasteiger partial charge in [-0.3, -0.25) is 9.59 Å². The zero-order chi connectivity index (χ0) is 18.8. The number of hydrogen-bond donors (Lipinski definition) is 1. The number of para-hydroxylation sites is 1. The van der Waals surface area contributed by atoms with Crippen LogP contribution in [0.4, 0.5) is 4.39 Å². The molecule has 1 atom stereocenters. The molecular formula is C20H17FN4O2. The monoisotopic (exact) mass is 364 g/mol. The van der Waals surface area contributed by atoms with Crippen molar-refractivity contribution < 1.29 is 14.0 Å². The van der Waals surface area contributed by atoms with Crippen molar-refractivity contribution in [1.82, 2.24) is 20.0 Å². The number of hydrogen-bond acceptors (Lipinski definition) is 3. The maximum Gasteiger partial charge on any atom is 0.257 e. The third kappa shape index (κ3) is 3.19. The Labute approximate surface area is 155 Å². The average Bonchev–Trinajstić information content (AvgIpc) is 3.22. The maximum absolute atomic E-state index is 13.7. The van der Waals surface area contributed by atoms with Crippen LogP contribution >= 0.6 is 0 Å². The second-order valence-electron chi connectivity index (χ2n) is 6.21. The number of halogens is 1. The summed E-state index contributed by atoms with van der Waals surface area (Å²) in [6.45, 7) is 0.680. The number of aromatic nitrogens is 2. The van der Waals surface area contributed by atoms with Crippen LogP contribution in [0.5, 0.6) is 0 Å². The van der Waals surface area contributed by atoms with Crippen LogP contribution in [0.2, 0.25) is 0 Å². The van der Waals surface area contributed by atoms with Crippen LogP contribution in [0.25, 0.3) is 5.69 Å². The topological polar surface area (TPSA) is 67.2 Å². The summed E-state index contributed by atoms with van der Waals surface area (Å²) in [5.74, 6) is -1.07. The summed E-state index contributed by atoms with van der Waals surface area (Å²) >= 11 is 0. The molecule has 27 heavy (non-hydrogen) atoms. The van der Waals surface area contributed by atoms with Gasteiger partial charge in [-0.1, -0.05) is 24.3 Å². The number of piperazine rings is 1. The molecule has 0 saturated carbocycles. The Bertz CT molecular complexity index is 987. The lowest BCUT2D eigenvalue weighted by Crippen LogP contribution is -2.52. The number of carbonyl (C=O) groups excluding carboxylic acids is 2. The molecule has 1 fully saturated rings. The lowest BCUT2D eigenvalue weighted by Gasteiger charge is -2.35. The smallest absolute Gasteiger partial charge is 0.257 e. The molecule has 6 nitrogen and oxygen atoms in total. The lowest BCUT2D eigenvalue weighted by molar-refractivity contribution is -0.128. The first kappa shape index (κ1) is 17.0. The largest absolute Gasteiger partial charge is 0.352 e. The zero-order valence-corrected chi connectivity index (χ0v) is 14.4. The van der Waals surface area contributed by atoms with Crippen molar-refractivity contribution in [2.45, 2.75) is 6.04 Å². The Hall–Kier alpha value is -3.48. The number of carbonyl (C=O) groups is 2. The zero-order valence-electron chi connectivity index (χ0n) is 14.4. The molecule has 0 spiro atoms. The molecule has 0 radical (unpaired) electrons. The third-order valence-electron chi connectivity index (χ3n) is 4.52. The SMILES string of the molecule is O=C1NCCN(C(=O)c2ccccc2-n2cccn2)[C@H]1c1cccc(F)c1. The van der Waals surface area contributed by atoms with Gasteiger partial charge in [0.05, 0.1) is 11.3 Å². The van der Waals surface area contributed by atoms with E-state index >= 15 is 0 Å². The quantitative estimate of drug-likeness (QED) is 0.776. The highest BCUT2D eigenvalue weighted by atomic mass is 19.1. The summed E-state index contributed by atoms with van der Waals surface area (Å²) in [6, 6.07) is 13.8. The van der Waals surface area contributed by atoms with Crippen molar-refractivity contribution in [2.24, 2.45) is 0 Å². The number of nitrogens with zero attached hydrogens (tertiary/aromatic N) is 3. The van der Waals surface area contributed by atoms with Gasteiger partial charge in [0, 0.05) is 25.5 Å². The molecule has 7 heteroatoms. The van der Waals surface area contributed by atoms with Gasteiger partial charge in [0.2, 0.25) is 5.91 Å². The molecule has 1 aliphatic heterocycles. The fraction of sp³-hybridized carbons (Fsp3) is 0.150. The van der Waals surface area contributed by atoms with Crippen LogP contribution in [-0.4, -0.2) is 39.6 Å². The molecule has 1 saturated heterocycles. The fourth-order valence-corrected chi connectivity index (χ4v) is 3.31. The van der Waals surface area contributed by atoms with E-state index in [0.29, 0.717) is 29.9 Å². The fourth-order valence-electron chi connectivity index (χ4n) is 3.31. The van der Waals surface area contributed by atoms with Gasteiger partial charge in [0.25, 0.3) is 5.91 Å². The van der Waals surface area contributed by atoms with E-state index in [1.54, 1.807) is 47.4 Å². The Balaban J connectivity index is 1.75. The first-order valence-corrected chi connectivity index (χ1v) is 8.58. The Morgan fingerprint density at radius 3 is 2.78 bits per heavy atom. The van der Waals surface area contributed by atoms with E-state index in [-0.39, 0.29) is 11.8 Å². The highest BCUT2D eigenvalue weighted by Gasteiger charge is 2.35. The minimum absolute atomic E-state index is 0.301.